The molecule has 1 aromatic heterocycles. The summed E-state index contributed by atoms with van der Waals surface area (Å²) in [4.78, 5) is 14.8. The average Bonchev–Trinajstić information content (AvgIpc) is 3.46. The standard InChI is InChI=1S/C49H34N4/c1-49(2)44-26-16-32(31-50)28-42(44)43-30-41(25-27-45(43)49)40-15-9-14-39(29-40)35-19-23-38(24-20-35)48-52-46(36-12-7-4-8-13-36)51-47(53-48)37-21-17-34(18-22-37)33-10-5-3-6-11-33/h3-30H,1-2H3. The molecule has 0 saturated carbocycles. The van der Waals surface area contributed by atoms with Gasteiger partial charge in [0, 0.05) is 22.1 Å². The van der Waals surface area contributed by atoms with Gasteiger partial charge in [-0.15, -0.1) is 0 Å². The lowest BCUT2D eigenvalue weighted by Crippen LogP contribution is -2.14. The van der Waals surface area contributed by atoms with Crippen LogP contribution in [0.15, 0.2) is 170 Å². The number of hydrogen-bond acceptors (Lipinski definition) is 4. The molecule has 4 nitrogen and oxygen atoms in total. The SMILES string of the molecule is CC1(C)c2ccc(C#N)cc2-c2cc(-c3cccc(-c4ccc(-c5nc(-c6ccccc6)nc(-c6ccc(-c7ccccc7)cc6)n5)cc4)c3)ccc21. The first-order valence-corrected chi connectivity index (χ1v) is 17.8. The lowest BCUT2D eigenvalue weighted by Gasteiger charge is -2.21. The Balaban J connectivity index is 1.04. The number of fused-ring (bicyclic) bond motifs is 3. The van der Waals surface area contributed by atoms with Gasteiger partial charge in [0.25, 0.3) is 0 Å². The summed E-state index contributed by atoms with van der Waals surface area (Å²) < 4.78 is 0. The average molecular weight is 679 g/mol. The molecule has 4 heteroatoms. The van der Waals surface area contributed by atoms with Gasteiger partial charge in [0.2, 0.25) is 0 Å². The van der Waals surface area contributed by atoms with E-state index in [1.807, 2.05) is 48.5 Å². The van der Waals surface area contributed by atoms with Gasteiger partial charge in [-0.3, -0.25) is 0 Å². The Morgan fingerprint density at radius 3 is 1.32 bits per heavy atom. The molecule has 0 bridgehead atoms. The molecule has 0 fully saturated rings. The lowest BCUT2D eigenvalue weighted by atomic mass is 9.82. The number of rotatable bonds is 6. The van der Waals surface area contributed by atoms with Crippen LogP contribution in [-0.2, 0) is 5.41 Å². The van der Waals surface area contributed by atoms with Gasteiger partial charge >= 0.3 is 0 Å². The van der Waals surface area contributed by atoms with Crippen LogP contribution < -0.4 is 0 Å². The van der Waals surface area contributed by atoms with Gasteiger partial charge in [-0.1, -0.05) is 159 Å². The Morgan fingerprint density at radius 1 is 0.377 bits per heavy atom. The highest BCUT2D eigenvalue weighted by Crippen LogP contribution is 2.50. The smallest absolute Gasteiger partial charge is 0.164 e. The van der Waals surface area contributed by atoms with Crippen molar-refractivity contribution in [1.29, 1.82) is 5.26 Å². The second-order valence-electron chi connectivity index (χ2n) is 14.0. The molecular weight excluding hydrogens is 645 g/mol. The van der Waals surface area contributed by atoms with Crippen molar-refractivity contribution < 1.29 is 0 Å². The molecule has 1 aliphatic carbocycles. The van der Waals surface area contributed by atoms with Gasteiger partial charge in [-0.25, -0.2) is 15.0 Å². The Bertz CT molecular complexity index is 2670. The molecule has 1 aliphatic rings. The third-order valence-electron chi connectivity index (χ3n) is 10.4. The molecule has 250 valence electrons. The van der Waals surface area contributed by atoms with E-state index in [-0.39, 0.29) is 5.41 Å². The van der Waals surface area contributed by atoms with Crippen LogP contribution in [0.2, 0.25) is 0 Å². The van der Waals surface area contributed by atoms with Gasteiger partial charge in [0.1, 0.15) is 0 Å². The summed E-state index contributed by atoms with van der Waals surface area (Å²) in [6, 6.07) is 61.1. The lowest BCUT2D eigenvalue weighted by molar-refractivity contribution is 0.660. The van der Waals surface area contributed by atoms with Crippen molar-refractivity contribution in [2.45, 2.75) is 19.3 Å². The number of hydrogen-bond donors (Lipinski definition) is 0. The van der Waals surface area contributed by atoms with E-state index in [2.05, 4.69) is 141 Å². The molecule has 53 heavy (non-hydrogen) atoms. The third kappa shape index (κ3) is 5.89. The van der Waals surface area contributed by atoms with Crippen molar-refractivity contribution in [1.82, 2.24) is 15.0 Å². The number of benzene rings is 7. The molecular formula is C49H34N4. The van der Waals surface area contributed by atoms with Crippen LogP contribution >= 0.6 is 0 Å². The van der Waals surface area contributed by atoms with Crippen molar-refractivity contribution in [2.75, 3.05) is 0 Å². The quantitative estimate of drug-likeness (QED) is 0.176. The molecule has 1 heterocycles. The maximum Gasteiger partial charge on any atom is 0.164 e. The zero-order valence-corrected chi connectivity index (χ0v) is 29.5. The van der Waals surface area contributed by atoms with E-state index in [0.717, 1.165) is 50.1 Å². The second kappa shape index (κ2) is 13.0. The number of nitriles is 1. The Hall–Kier alpha value is -6.96. The summed E-state index contributed by atoms with van der Waals surface area (Å²) in [6.45, 7) is 4.52. The Labute approximate surface area is 309 Å². The van der Waals surface area contributed by atoms with Gasteiger partial charge in [-0.2, -0.15) is 5.26 Å². The first kappa shape index (κ1) is 32.0. The van der Waals surface area contributed by atoms with Crippen LogP contribution in [0.1, 0.15) is 30.5 Å². The van der Waals surface area contributed by atoms with E-state index in [9.17, 15) is 5.26 Å². The predicted molar refractivity (Wildman–Crippen MR) is 215 cm³/mol. The van der Waals surface area contributed by atoms with Gasteiger partial charge in [0.15, 0.2) is 17.5 Å². The van der Waals surface area contributed by atoms with E-state index in [0.29, 0.717) is 23.0 Å². The van der Waals surface area contributed by atoms with E-state index in [1.54, 1.807) is 0 Å². The first-order valence-electron chi connectivity index (χ1n) is 17.8. The van der Waals surface area contributed by atoms with Crippen molar-refractivity contribution in [3.63, 3.8) is 0 Å². The molecule has 7 aromatic carbocycles. The van der Waals surface area contributed by atoms with Crippen molar-refractivity contribution >= 4 is 0 Å². The summed E-state index contributed by atoms with van der Waals surface area (Å²) >= 11 is 0. The van der Waals surface area contributed by atoms with Crippen LogP contribution in [0.4, 0.5) is 0 Å². The van der Waals surface area contributed by atoms with E-state index >= 15 is 0 Å². The number of aromatic nitrogens is 3. The fourth-order valence-electron chi connectivity index (χ4n) is 7.50. The fourth-order valence-corrected chi connectivity index (χ4v) is 7.50. The van der Waals surface area contributed by atoms with E-state index in [4.69, 9.17) is 15.0 Å². The topological polar surface area (TPSA) is 62.5 Å². The van der Waals surface area contributed by atoms with Crippen LogP contribution in [0.3, 0.4) is 0 Å². The molecule has 9 rings (SSSR count). The van der Waals surface area contributed by atoms with Crippen molar-refractivity contribution in [3.05, 3.63) is 187 Å². The predicted octanol–water partition coefficient (Wildman–Crippen LogP) is 12.1. The summed E-state index contributed by atoms with van der Waals surface area (Å²) in [5, 5.41) is 9.60. The van der Waals surface area contributed by atoms with E-state index < -0.39 is 0 Å². The van der Waals surface area contributed by atoms with Crippen LogP contribution in [0.25, 0.3) is 78.7 Å². The summed E-state index contributed by atoms with van der Waals surface area (Å²) in [5.41, 5.74) is 15.1. The van der Waals surface area contributed by atoms with E-state index in [1.165, 1.54) is 22.3 Å². The number of nitrogens with zero attached hydrogens (tertiary/aromatic N) is 4. The molecule has 8 aromatic rings. The van der Waals surface area contributed by atoms with Crippen molar-refractivity contribution in [3.8, 4) is 84.7 Å². The normalized spacial score (nSPS) is 12.5. The molecule has 0 atom stereocenters. The molecule has 0 unspecified atom stereocenters. The maximum absolute atomic E-state index is 9.60. The molecule has 0 saturated heterocycles. The largest absolute Gasteiger partial charge is 0.208 e. The zero-order valence-electron chi connectivity index (χ0n) is 29.5. The zero-order chi connectivity index (χ0) is 35.9. The summed E-state index contributed by atoms with van der Waals surface area (Å²) in [6.07, 6.45) is 0. The fraction of sp³-hybridized carbons (Fsp3) is 0.0612. The molecule has 0 spiro atoms. The maximum atomic E-state index is 9.60. The molecule has 0 radical (unpaired) electrons. The highest BCUT2D eigenvalue weighted by Gasteiger charge is 2.35. The molecule has 0 N–H and O–H groups in total. The van der Waals surface area contributed by atoms with Gasteiger partial charge in [0.05, 0.1) is 11.6 Å². The minimum atomic E-state index is -0.116. The highest BCUT2D eigenvalue weighted by molar-refractivity contribution is 5.86. The van der Waals surface area contributed by atoms with Crippen molar-refractivity contribution in [2.24, 2.45) is 0 Å². The van der Waals surface area contributed by atoms with Gasteiger partial charge < -0.3 is 0 Å². The summed E-state index contributed by atoms with van der Waals surface area (Å²) in [7, 11) is 0. The third-order valence-corrected chi connectivity index (χ3v) is 10.4. The highest BCUT2D eigenvalue weighted by atomic mass is 15.0. The summed E-state index contributed by atoms with van der Waals surface area (Å²) in [5.74, 6) is 1.90. The van der Waals surface area contributed by atoms with Gasteiger partial charge in [-0.05, 0) is 79.9 Å². The van der Waals surface area contributed by atoms with Crippen LogP contribution in [0, 0.1) is 11.3 Å². The molecule has 0 aliphatic heterocycles. The minimum Gasteiger partial charge on any atom is -0.208 e. The molecule has 0 amide bonds. The Kier molecular flexibility index (Phi) is 7.83. The Morgan fingerprint density at radius 2 is 0.755 bits per heavy atom. The minimum absolute atomic E-state index is 0.116. The monoisotopic (exact) mass is 678 g/mol. The second-order valence-corrected chi connectivity index (χ2v) is 14.0. The van der Waals surface area contributed by atoms with Crippen LogP contribution in [0.5, 0.6) is 0 Å². The van der Waals surface area contributed by atoms with Crippen LogP contribution in [-0.4, -0.2) is 15.0 Å². The first-order chi connectivity index (χ1) is 25.9.